The Morgan fingerprint density at radius 3 is 2.57 bits per heavy atom. The Hall–Kier alpha value is -2.22. The molecule has 0 aliphatic heterocycles. The zero-order valence-corrected chi connectivity index (χ0v) is 16.9. The van der Waals surface area contributed by atoms with Gasteiger partial charge in [0, 0.05) is 11.6 Å². The number of carbonyl (C=O) groups excluding carboxylic acids is 1. The third kappa shape index (κ3) is 6.14. The largest absolute Gasteiger partial charge is 0.391 e. The first-order valence-corrected chi connectivity index (χ1v) is 10.2. The van der Waals surface area contributed by atoms with Crippen LogP contribution in [0.25, 0.3) is 10.9 Å². The van der Waals surface area contributed by atoms with Crippen LogP contribution in [0.4, 0.5) is 17.6 Å². The van der Waals surface area contributed by atoms with E-state index in [0.717, 1.165) is 38.5 Å². The van der Waals surface area contributed by atoms with Gasteiger partial charge in [0.15, 0.2) is 0 Å². The fourth-order valence-electron chi connectivity index (χ4n) is 3.88. The number of halogens is 4. The van der Waals surface area contributed by atoms with Gasteiger partial charge in [-0.05, 0) is 31.9 Å². The lowest BCUT2D eigenvalue weighted by atomic mass is 9.97. The zero-order valence-electron chi connectivity index (χ0n) is 16.9. The van der Waals surface area contributed by atoms with E-state index in [1.165, 1.54) is 31.3 Å². The second kappa shape index (κ2) is 9.29. The predicted molar refractivity (Wildman–Crippen MR) is 106 cm³/mol. The van der Waals surface area contributed by atoms with Crippen LogP contribution in [0.5, 0.6) is 0 Å². The third-order valence-corrected chi connectivity index (χ3v) is 5.37. The molecule has 1 aliphatic carbocycles. The summed E-state index contributed by atoms with van der Waals surface area (Å²) in [6.07, 6.45) is 1.21. The quantitative estimate of drug-likeness (QED) is 0.486. The predicted octanol–water partition coefficient (Wildman–Crippen LogP) is 5.55. The molecule has 1 heterocycles. The third-order valence-electron chi connectivity index (χ3n) is 5.37. The Balaban J connectivity index is 1.75. The number of benzene rings is 1. The minimum atomic E-state index is -4.47. The Labute approximate surface area is 173 Å². The molecule has 1 fully saturated rings. The van der Waals surface area contributed by atoms with Gasteiger partial charge in [0.05, 0.1) is 30.2 Å². The number of nitrogens with one attached hydrogen (secondary N) is 1. The smallest absolute Gasteiger partial charge is 0.376 e. The molecule has 1 amide bonds. The standard InChI is InChI=1S/C22H26F4N2O2/c1-21(13-22(24,25)26,14-30-17-8-4-2-3-5-9-17)28-20(29)16-11-15-7-6-10-18(23)19(15)27-12-16/h6-7,10-12,17H,2-5,8-9,13-14H2,1H3,(H,28,29). The van der Waals surface area contributed by atoms with Crippen molar-refractivity contribution in [1.29, 1.82) is 0 Å². The van der Waals surface area contributed by atoms with Crippen LogP contribution in [0.1, 0.15) is 62.2 Å². The molecule has 1 aromatic heterocycles. The van der Waals surface area contributed by atoms with Gasteiger partial charge in [0.25, 0.3) is 5.91 Å². The fourth-order valence-corrected chi connectivity index (χ4v) is 3.88. The first-order chi connectivity index (χ1) is 14.2. The number of hydrogen-bond donors (Lipinski definition) is 1. The van der Waals surface area contributed by atoms with Crippen LogP contribution in [-0.4, -0.2) is 35.3 Å². The van der Waals surface area contributed by atoms with Gasteiger partial charge in [0.2, 0.25) is 0 Å². The number of para-hydroxylation sites is 1. The van der Waals surface area contributed by atoms with Crippen LogP contribution in [0.3, 0.4) is 0 Å². The van der Waals surface area contributed by atoms with Crippen LogP contribution in [0, 0.1) is 5.82 Å². The van der Waals surface area contributed by atoms with E-state index in [1.807, 2.05) is 0 Å². The molecular formula is C22H26F4N2O2. The van der Waals surface area contributed by atoms with Gasteiger partial charge in [-0.15, -0.1) is 0 Å². The summed E-state index contributed by atoms with van der Waals surface area (Å²) in [7, 11) is 0. The van der Waals surface area contributed by atoms with Crippen molar-refractivity contribution in [3.05, 3.63) is 41.8 Å². The maximum Gasteiger partial charge on any atom is 0.391 e. The average Bonchev–Trinajstić information content (AvgIpc) is 2.94. The number of pyridine rings is 1. The average molecular weight is 426 g/mol. The summed E-state index contributed by atoms with van der Waals surface area (Å²) in [4.78, 5) is 16.7. The Morgan fingerprint density at radius 1 is 1.20 bits per heavy atom. The number of ether oxygens (including phenoxy) is 1. The van der Waals surface area contributed by atoms with Crippen molar-refractivity contribution in [2.24, 2.45) is 0 Å². The number of amides is 1. The first kappa shape index (κ1) is 22.5. The van der Waals surface area contributed by atoms with Crippen molar-refractivity contribution in [3.8, 4) is 0 Å². The van der Waals surface area contributed by atoms with E-state index in [-0.39, 0.29) is 23.8 Å². The highest BCUT2D eigenvalue weighted by Gasteiger charge is 2.41. The second-order valence-corrected chi connectivity index (χ2v) is 8.27. The maximum atomic E-state index is 13.8. The summed E-state index contributed by atoms with van der Waals surface area (Å²) in [5.74, 6) is -1.23. The molecule has 1 N–H and O–H groups in total. The van der Waals surface area contributed by atoms with E-state index in [2.05, 4.69) is 10.3 Å². The Kier molecular flexibility index (Phi) is 6.95. The van der Waals surface area contributed by atoms with E-state index >= 15 is 0 Å². The van der Waals surface area contributed by atoms with Crippen molar-refractivity contribution < 1.29 is 27.1 Å². The normalized spacial score (nSPS) is 18.0. The van der Waals surface area contributed by atoms with E-state index < -0.39 is 29.9 Å². The van der Waals surface area contributed by atoms with E-state index in [9.17, 15) is 22.4 Å². The van der Waals surface area contributed by atoms with E-state index in [4.69, 9.17) is 4.74 Å². The second-order valence-electron chi connectivity index (χ2n) is 8.27. The molecule has 8 heteroatoms. The van der Waals surface area contributed by atoms with Gasteiger partial charge in [-0.1, -0.05) is 37.8 Å². The molecule has 1 aromatic carbocycles. The lowest BCUT2D eigenvalue weighted by Gasteiger charge is -2.33. The van der Waals surface area contributed by atoms with Crippen molar-refractivity contribution in [2.75, 3.05) is 6.61 Å². The molecule has 1 unspecified atom stereocenters. The molecule has 4 nitrogen and oxygen atoms in total. The van der Waals surface area contributed by atoms with Crippen LogP contribution in [-0.2, 0) is 4.74 Å². The molecule has 1 saturated carbocycles. The molecule has 1 atom stereocenters. The summed E-state index contributed by atoms with van der Waals surface area (Å²) in [6, 6.07) is 5.74. The van der Waals surface area contributed by atoms with E-state index in [1.54, 1.807) is 6.07 Å². The van der Waals surface area contributed by atoms with Crippen LogP contribution >= 0.6 is 0 Å². The lowest BCUT2D eigenvalue weighted by Crippen LogP contribution is -2.52. The highest BCUT2D eigenvalue weighted by molar-refractivity contribution is 5.97. The molecule has 0 spiro atoms. The Bertz CT molecular complexity index is 879. The van der Waals surface area contributed by atoms with Gasteiger partial charge < -0.3 is 10.1 Å². The number of nitrogens with zero attached hydrogens (tertiary/aromatic N) is 1. The molecule has 1 aliphatic rings. The van der Waals surface area contributed by atoms with Gasteiger partial charge in [-0.25, -0.2) is 4.39 Å². The van der Waals surface area contributed by atoms with Crippen LogP contribution < -0.4 is 5.32 Å². The number of rotatable bonds is 6. The van der Waals surface area contributed by atoms with Crippen LogP contribution in [0.15, 0.2) is 30.5 Å². The number of fused-ring (bicyclic) bond motifs is 1. The van der Waals surface area contributed by atoms with Gasteiger partial charge in [-0.3, -0.25) is 9.78 Å². The molecule has 164 valence electrons. The molecule has 0 saturated heterocycles. The van der Waals surface area contributed by atoms with Crippen molar-refractivity contribution >= 4 is 16.8 Å². The highest BCUT2D eigenvalue weighted by atomic mass is 19.4. The minimum absolute atomic E-state index is 0.0657. The van der Waals surface area contributed by atoms with Gasteiger partial charge in [-0.2, -0.15) is 13.2 Å². The maximum absolute atomic E-state index is 13.8. The zero-order chi connectivity index (χ0) is 21.8. The molecule has 0 radical (unpaired) electrons. The first-order valence-electron chi connectivity index (χ1n) is 10.2. The minimum Gasteiger partial charge on any atom is -0.376 e. The topological polar surface area (TPSA) is 51.2 Å². The van der Waals surface area contributed by atoms with Crippen LogP contribution in [0.2, 0.25) is 0 Å². The molecule has 3 rings (SSSR count). The number of aromatic nitrogens is 1. The van der Waals surface area contributed by atoms with Crippen molar-refractivity contribution in [3.63, 3.8) is 0 Å². The van der Waals surface area contributed by atoms with Crippen molar-refractivity contribution in [1.82, 2.24) is 10.3 Å². The SMILES string of the molecule is CC(COC1CCCCCC1)(CC(F)(F)F)NC(=O)c1cnc2c(F)cccc2c1. The number of alkyl halides is 3. The summed E-state index contributed by atoms with van der Waals surface area (Å²) in [6.45, 7) is 1.10. The molecular weight excluding hydrogens is 400 g/mol. The van der Waals surface area contributed by atoms with Gasteiger partial charge in [0.1, 0.15) is 11.3 Å². The van der Waals surface area contributed by atoms with Crippen molar-refractivity contribution in [2.45, 2.75) is 69.7 Å². The van der Waals surface area contributed by atoms with E-state index in [0.29, 0.717) is 5.39 Å². The molecule has 2 aromatic rings. The monoisotopic (exact) mass is 426 g/mol. The number of hydrogen-bond acceptors (Lipinski definition) is 3. The Morgan fingerprint density at radius 2 is 1.90 bits per heavy atom. The highest BCUT2D eigenvalue weighted by Crippen LogP contribution is 2.30. The molecule has 30 heavy (non-hydrogen) atoms. The van der Waals surface area contributed by atoms with Gasteiger partial charge >= 0.3 is 6.18 Å². The summed E-state index contributed by atoms with van der Waals surface area (Å²) in [5.41, 5.74) is -1.46. The summed E-state index contributed by atoms with van der Waals surface area (Å²) in [5, 5.41) is 2.88. The summed E-state index contributed by atoms with van der Waals surface area (Å²) < 4.78 is 59.3. The lowest BCUT2D eigenvalue weighted by molar-refractivity contribution is -0.155. The molecule has 0 bridgehead atoms. The summed E-state index contributed by atoms with van der Waals surface area (Å²) >= 11 is 0. The number of carbonyl (C=O) groups is 1. The fraction of sp³-hybridized carbons (Fsp3) is 0.545.